The number of benzene rings is 1. The van der Waals surface area contributed by atoms with Crippen LogP contribution < -0.4 is 4.90 Å². The van der Waals surface area contributed by atoms with E-state index in [1.165, 1.54) is 16.2 Å². The van der Waals surface area contributed by atoms with Crippen LogP contribution in [0.25, 0.3) is 0 Å². The van der Waals surface area contributed by atoms with Crippen molar-refractivity contribution in [2.24, 2.45) is 0 Å². The number of anilines is 1. The number of hydrogen-bond donors (Lipinski definition) is 0. The number of carbonyl (C=O) groups is 1. The van der Waals surface area contributed by atoms with Gasteiger partial charge in [-0.2, -0.15) is 0 Å². The average molecular weight is 328 g/mol. The van der Waals surface area contributed by atoms with E-state index in [0.29, 0.717) is 6.54 Å². The highest BCUT2D eigenvalue weighted by Gasteiger charge is 2.38. The Bertz CT molecular complexity index is 749. The van der Waals surface area contributed by atoms with E-state index in [0.717, 1.165) is 5.70 Å². The summed E-state index contributed by atoms with van der Waals surface area (Å²) in [4.78, 5) is 15.8. The van der Waals surface area contributed by atoms with E-state index in [1.807, 2.05) is 26.1 Å². The lowest BCUT2D eigenvalue weighted by Gasteiger charge is -2.23. The van der Waals surface area contributed by atoms with E-state index in [2.05, 4.69) is 36.9 Å². The number of amides is 1. The van der Waals surface area contributed by atoms with Gasteiger partial charge in [0.2, 0.25) is 0 Å². The molecule has 0 saturated carbocycles. The molecule has 23 heavy (non-hydrogen) atoms. The molecular weight excluding hydrogens is 308 g/mol. The first-order chi connectivity index (χ1) is 10.9. The second kappa shape index (κ2) is 5.49. The Morgan fingerprint density at radius 3 is 2.57 bits per heavy atom. The minimum Gasteiger partial charge on any atom is -0.426 e. The number of fused-ring (bicyclic) bond motifs is 1. The molecule has 4 nitrogen and oxygen atoms in total. The summed E-state index contributed by atoms with van der Waals surface area (Å²) in [6.07, 6.45) is 3.68. The predicted octanol–water partition coefficient (Wildman–Crippen LogP) is 3.35. The third kappa shape index (κ3) is 2.36. The fourth-order valence-electron chi connectivity index (χ4n) is 3.24. The predicted molar refractivity (Wildman–Crippen MR) is 95.1 cm³/mol. The first-order valence-electron chi connectivity index (χ1n) is 7.67. The smallest absolute Gasteiger partial charge is 0.297 e. The summed E-state index contributed by atoms with van der Waals surface area (Å²) < 4.78 is 5.42. The van der Waals surface area contributed by atoms with Gasteiger partial charge in [-0.3, -0.25) is 9.69 Å². The zero-order valence-corrected chi connectivity index (χ0v) is 14.6. The van der Waals surface area contributed by atoms with Gasteiger partial charge in [0.15, 0.2) is 5.76 Å². The van der Waals surface area contributed by atoms with Crippen LogP contribution in [-0.4, -0.2) is 29.6 Å². The number of carbonyl (C=O) groups excluding carboxylic acids is 1. The Morgan fingerprint density at radius 2 is 1.96 bits per heavy atom. The van der Waals surface area contributed by atoms with E-state index in [-0.39, 0.29) is 22.3 Å². The average Bonchev–Trinajstić information content (AvgIpc) is 2.90. The molecule has 0 radical (unpaired) electrons. The molecule has 0 unspecified atom stereocenters. The van der Waals surface area contributed by atoms with E-state index in [1.54, 1.807) is 6.08 Å². The van der Waals surface area contributed by atoms with Crippen molar-refractivity contribution < 1.29 is 9.53 Å². The van der Waals surface area contributed by atoms with E-state index >= 15 is 0 Å². The number of thiocarbonyl (C=S) groups is 1. The first-order valence-corrected chi connectivity index (χ1v) is 8.08. The van der Waals surface area contributed by atoms with E-state index in [9.17, 15) is 4.79 Å². The number of likely N-dealkylation sites (N-methyl/N-ethyl adjacent to an activating group) is 2. The molecule has 3 rings (SSSR count). The molecule has 0 aliphatic carbocycles. The molecule has 0 bridgehead atoms. The summed E-state index contributed by atoms with van der Waals surface area (Å²) in [7, 11) is 2.04. The van der Waals surface area contributed by atoms with Gasteiger partial charge in [-0.05, 0) is 42.9 Å². The minimum atomic E-state index is -0.176. The fourth-order valence-corrected chi connectivity index (χ4v) is 3.54. The Hall–Kier alpha value is -2.14. The Labute approximate surface area is 142 Å². The molecule has 0 spiro atoms. The maximum absolute atomic E-state index is 12.2. The second-order valence-electron chi connectivity index (χ2n) is 6.20. The summed E-state index contributed by atoms with van der Waals surface area (Å²) in [5, 5.41) is 0.226. The van der Waals surface area contributed by atoms with Gasteiger partial charge in [-0.15, -0.1) is 0 Å². The third-order valence-electron chi connectivity index (χ3n) is 4.52. The summed E-state index contributed by atoms with van der Waals surface area (Å²) in [6, 6.07) is 8.34. The standard InChI is InChI=1S/C18H20N2O2S/c1-5-20-16(21)14(22-17(20)23)10-11-15-18(2,3)12-8-6-7-9-13(12)19(15)4/h6-11H,5H2,1-4H3/b14-10+,15-11+. The van der Waals surface area contributed by atoms with Crippen LogP contribution in [0.1, 0.15) is 26.3 Å². The van der Waals surface area contributed by atoms with Crippen LogP contribution in [-0.2, 0) is 14.9 Å². The summed E-state index contributed by atoms with van der Waals surface area (Å²) >= 11 is 5.08. The SMILES string of the molecule is CCN1C(=O)/C(=C\C=C2\N(C)c3ccccc3C2(C)C)OC1=S. The molecule has 120 valence electrons. The Kier molecular flexibility index (Phi) is 3.76. The van der Waals surface area contributed by atoms with Crippen molar-refractivity contribution in [3.05, 3.63) is 53.4 Å². The lowest BCUT2D eigenvalue weighted by molar-refractivity contribution is -0.122. The monoisotopic (exact) mass is 328 g/mol. The zero-order valence-electron chi connectivity index (χ0n) is 13.8. The van der Waals surface area contributed by atoms with Crippen molar-refractivity contribution in [2.45, 2.75) is 26.2 Å². The maximum atomic E-state index is 12.2. The van der Waals surface area contributed by atoms with Gasteiger partial charge < -0.3 is 9.64 Å². The number of para-hydroxylation sites is 1. The topological polar surface area (TPSA) is 32.8 Å². The molecule has 1 aromatic rings. The summed E-state index contributed by atoms with van der Waals surface area (Å²) in [6.45, 7) is 6.75. The van der Waals surface area contributed by atoms with Crippen molar-refractivity contribution in [2.75, 3.05) is 18.5 Å². The lowest BCUT2D eigenvalue weighted by Crippen LogP contribution is -2.27. The molecule has 2 aliphatic heterocycles. The fraction of sp³-hybridized carbons (Fsp3) is 0.333. The summed E-state index contributed by atoms with van der Waals surface area (Å²) in [5.41, 5.74) is 3.45. The number of ether oxygens (including phenoxy) is 1. The van der Waals surface area contributed by atoms with Crippen molar-refractivity contribution in [3.8, 4) is 0 Å². The molecule has 0 atom stereocenters. The highest BCUT2D eigenvalue weighted by atomic mass is 32.1. The zero-order chi connectivity index (χ0) is 16.8. The lowest BCUT2D eigenvalue weighted by atomic mass is 9.84. The highest BCUT2D eigenvalue weighted by Crippen LogP contribution is 2.46. The van der Waals surface area contributed by atoms with Crippen molar-refractivity contribution in [1.82, 2.24) is 4.90 Å². The molecule has 1 amide bonds. The van der Waals surface area contributed by atoms with Crippen molar-refractivity contribution >= 4 is 29.0 Å². The van der Waals surface area contributed by atoms with Gasteiger partial charge in [-0.25, -0.2) is 0 Å². The van der Waals surface area contributed by atoms with Crippen LogP contribution in [0.2, 0.25) is 0 Å². The second-order valence-corrected chi connectivity index (χ2v) is 6.55. The molecule has 1 aromatic carbocycles. The van der Waals surface area contributed by atoms with Crippen LogP contribution >= 0.6 is 12.2 Å². The molecule has 1 fully saturated rings. The molecule has 2 heterocycles. The van der Waals surface area contributed by atoms with Crippen LogP contribution in [0.4, 0.5) is 5.69 Å². The Morgan fingerprint density at radius 1 is 1.26 bits per heavy atom. The minimum absolute atomic E-state index is 0.130. The first kappa shape index (κ1) is 15.7. The molecule has 0 N–H and O–H groups in total. The van der Waals surface area contributed by atoms with Crippen LogP contribution in [0.3, 0.4) is 0 Å². The number of allylic oxidation sites excluding steroid dienone is 3. The van der Waals surface area contributed by atoms with Gasteiger partial charge in [0.1, 0.15) is 0 Å². The molecular formula is C18H20N2O2S. The van der Waals surface area contributed by atoms with Gasteiger partial charge in [0, 0.05) is 30.4 Å². The molecule has 0 aromatic heterocycles. The number of nitrogens with zero attached hydrogens (tertiary/aromatic N) is 2. The van der Waals surface area contributed by atoms with Gasteiger partial charge in [0.25, 0.3) is 11.1 Å². The van der Waals surface area contributed by atoms with Crippen LogP contribution in [0.15, 0.2) is 47.9 Å². The van der Waals surface area contributed by atoms with Crippen molar-refractivity contribution in [1.29, 1.82) is 0 Å². The van der Waals surface area contributed by atoms with Crippen molar-refractivity contribution in [3.63, 3.8) is 0 Å². The van der Waals surface area contributed by atoms with Gasteiger partial charge >= 0.3 is 0 Å². The van der Waals surface area contributed by atoms with Gasteiger partial charge in [-0.1, -0.05) is 32.0 Å². The third-order valence-corrected chi connectivity index (χ3v) is 4.83. The quantitative estimate of drug-likeness (QED) is 0.616. The maximum Gasteiger partial charge on any atom is 0.297 e. The van der Waals surface area contributed by atoms with Gasteiger partial charge in [0.05, 0.1) is 0 Å². The molecule has 2 aliphatic rings. The van der Waals surface area contributed by atoms with E-state index < -0.39 is 0 Å². The van der Waals surface area contributed by atoms with E-state index in [4.69, 9.17) is 17.0 Å². The highest BCUT2D eigenvalue weighted by molar-refractivity contribution is 7.80. The number of rotatable bonds is 2. The number of hydrogen-bond acceptors (Lipinski definition) is 4. The summed E-state index contributed by atoms with van der Waals surface area (Å²) in [5.74, 6) is 0.106. The normalized spacial score (nSPS) is 23.0. The van der Waals surface area contributed by atoms with Crippen LogP contribution in [0, 0.1) is 0 Å². The Balaban J connectivity index is 1.97. The molecule has 1 saturated heterocycles. The molecule has 5 heteroatoms. The largest absolute Gasteiger partial charge is 0.426 e. The van der Waals surface area contributed by atoms with Crippen LogP contribution in [0.5, 0.6) is 0 Å².